The maximum Gasteiger partial charge on any atom is 0.248 e. The molecule has 0 spiro atoms. The van der Waals surface area contributed by atoms with Gasteiger partial charge in [-0.1, -0.05) is 19.1 Å². The predicted molar refractivity (Wildman–Crippen MR) is 105 cm³/mol. The summed E-state index contributed by atoms with van der Waals surface area (Å²) in [7, 11) is -0.447. The van der Waals surface area contributed by atoms with Crippen molar-refractivity contribution in [3.63, 3.8) is 0 Å². The zero-order chi connectivity index (χ0) is 19.9. The molecule has 0 radical (unpaired) electrons. The molecule has 8 heteroatoms. The average Bonchev–Trinajstić information content (AvgIpc) is 2.66. The molecule has 0 bridgehead atoms. The van der Waals surface area contributed by atoms with Crippen LogP contribution in [0.3, 0.4) is 0 Å². The molecule has 0 saturated heterocycles. The molecule has 144 valence electrons. The van der Waals surface area contributed by atoms with Crippen LogP contribution in [0.1, 0.15) is 12.5 Å². The van der Waals surface area contributed by atoms with E-state index in [0.717, 1.165) is 0 Å². The summed E-state index contributed by atoms with van der Waals surface area (Å²) >= 11 is 0. The SMILES string of the molecule is CCNS(=O)(=O)c1ccc(/C=C/C(=O)Nc2cc(OC)ccc2OC)cc1. The van der Waals surface area contributed by atoms with Crippen molar-refractivity contribution in [3.8, 4) is 11.5 Å². The van der Waals surface area contributed by atoms with Crippen molar-refractivity contribution in [1.82, 2.24) is 4.72 Å². The summed E-state index contributed by atoms with van der Waals surface area (Å²) in [5, 5.41) is 2.72. The van der Waals surface area contributed by atoms with Crippen LogP contribution in [-0.4, -0.2) is 35.1 Å². The van der Waals surface area contributed by atoms with Gasteiger partial charge in [0, 0.05) is 18.7 Å². The van der Waals surface area contributed by atoms with Crippen LogP contribution < -0.4 is 19.5 Å². The van der Waals surface area contributed by atoms with Crippen molar-refractivity contribution in [2.75, 3.05) is 26.1 Å². The van der Waals surface area contributed by atoms with Crippen LogP contribution in [0.2, 0.25) is 0 Å². The maximum atomic E-state index is 12.2. The van der Waals surface area contributed by atoms with Gasteiger partial charge in [0.1, 0.15) is 11.5 Å². The van der Waals surface area contributed by atoms with E-state index < -0.39 is 10.0 Å². The summed E-state index contributed by atoms with van der Waals surface area (Å²) in [4.78, 5) is 12.3. The first-order chi connectivity index (χ1) is 12.9. The predicted octanol–water partition coefficient (Wildman–Crippen LogP) is 2.65. The van der Waals surface area contributed by atoms with Crippen molar-refractivity contribution in [2.45, 2.75) is 11.8 Å². The smallest absolute Gasteiger partial charge is 0.248 e. The van der Waals surface area contributed by atoms with Gasteiger partial charge < -0.3 is 14.8 Å². The summed E-state index contributed by atoms with van der Waals surface area (Å²) in [6.07, 6.45) is 2.94. The Balaban J connectivity index is 2.09. The number of amides is 1. The quantitative estimate of drug-likeness (QED) is 0.676. The molecule has 27 heavy (non-hydrogen) atoms. The molecule has 0 aromatic heterocycles. The molecule has 2 rings (SSSR count). The van der Waals surface area contributed by atoms with E-state index in [-0.39, 0.29) is 10.8 Å². The number of methoxy groups -OCH3 is 2. The van der Waals surface area contributed by atoms with Gasteiger partial charge in [-0.15, -0.1) is 0 Å². The summed E-state index contributed by atoms with van der Waals surface area (Å²) in [6.45, 7) is 2.03. The number of ether oxygens (including phenoxy) is 2. The minimum Gasteiger partial charge on any atom is -0.497 e. The van der Waals surface area contributed by atoms with Crippen LogP contribution >= 0.6 is 0 Å². The highest BCUT2D eigenvalue weighted by Crippen LogP contribution is 2.28. The van der Waals surface area contributed by atoms with E-state index >= 15 is 0 Å². The van der Waals surface area contributed by atoms with Gasteiger partial charge in [-0.2, -0.15) is 0 Å². The van der Waals surface area contributed by atoms with E-state index in [9.17, 15) is 13.2 Å². The number of rotatable bonds is 8. The Morgan fingerprint density at radius 2 is 1.78 bits per heavy atom. The second kappa shape index (κ2) is 9.20. The highest BCUT2D eigenvalue weighted by Gasteiger charge is 2.11. The van der Waals surface area contributed by atoms with E-state index in [0.29, 0.717) is 29.3 Å². The van der Waals surface area contributed by atoms with Crippen molar-refractivity contribution in [3.05, 3.63) is 54.1 Å². The Kier molecular flexibility index (Phi) is 6.98. The Bertz CT molecular complexity index is 922. The number of sulfonamides is 1. The molecule has 0 aliphatic heterocycles. The molecule has 2 aromatic carbocycles. The Morgan fingerprint density at radius 3 is 2.37 bits per heavy atom. The van der Waals surface area contributed by atoms with Crippen LogP contribution in [-0.2, 0) is 14.8 Å². The maximum absolute atomic E-state index is 12.2. The monoisotopic (exact) mass is 390 g/mol. The molecule has 2 N–H and O–H groups in total. The van der Waals surface area contributed by atoms with Gasteiger partial charge in [-0.3, -0.25) is 4.79 Å². The fourth-order valence-electron chi connectivity index (χ4n) is 2.29. The van der Waals surface area contributed by atoms with Crippen molar-refractivity contribution >= 4 is 27.7 Å². The van der Waals surface area contributed by atoms with Gasteiger partial charge >= 0.3 is 0 Å². The lowest BCUT2D eigenvalue weighted by Gasteiger charge is -2.10. The average molecular weight is 390 g/mol. The number of hydrogen-bond donors (Lipinski definition) is 2. The van der Waals surface area contributed by atoms with Crippen LogP contribution in [0.4, 0.5) is 5.69 Å². The molecule has 7 nitrogen and oxygen atoms in total. The van der Waals surface area contributed by atoms with Gasteiger partial charge in [0.15, 0.2) is 0 Å². The second-order valence-corrected chi connectivity index (χ2v) is 7.23. The van der Waals surface area contributed by atoms with Crippen LogP contribution in [0.25, 0.3) is 6.08 Å². The molecule has 0 saturated carbocycles. The Hall–Kier alpha value is -2.84. The number of nitrogens with one attached hydrogen (secondary N) is 2. The molecule has 0 unspecified atom stereocenters. The minimum absolute atomic E-state index is 0.173. The van der Waals surface area contributed by atoms with Gasteiger partial charge in [-0.25, -0.2) is 13.1 Å². The molecular formula is C19H22N2O5S. The molecule has 1 amide bonds. The summed E-state index contributed by atoms with van der Waals surface area (Å²) in [5.41, 5.74) is 1.18. The van der Waals surface area contributed by atoms with Gasteiger partial charge in [-0.05, 0) is 35.9 Å². The molecule has 0 aliphatic rings. The number of hydrogen-bond acceptors (Lipinski definition) is 5. The molecule has 2 aromatic rings. The number of benzene rings is 2. The van der Waals surface area contributed by atoms with E-state index in [4.69, 9.17) is 9.47 Å². The molecule has 0 aliphatic carbocycles. The van der Waals surface area contributed by atoms with E-state index in [2.05, 4.69) is 10.0 Å². The lowest BCUT2D eigenvalue weighted by atomic mass is 10.2. The first-order valence-electron chi connectivity index (χ1n) is 8.20. The van der Waals surface area contributed by atoms with Crippen molar-refractivity contribution < 1.29 is 22.7 Å². The summed E-state index contributed by atoms with van der Waals surface area (Å²) in [6, 6.07) is 11.3. The third-order valence-electron chi connectivity index (χ3n) is 3.62. The second-order valence-electron chi connectivity index (χ2n) is 5.46. The van der Waals surface area contributed by atoms with Gasteiger partial charge in [0.25, 0.3) is 0 Å². The Morgan fingerprint density at radius 1 is 1.07 bits per heavy atom. The molecule has 0 heterocycles. The largest absolute Gasteiger partial charge is 0.497 e. The zero-order valence-corrected chi connectivity index (χ0v) is 16.2. The fraction of sp³-hybridized carbons (Fsp3) is 0.211. The Labute approximate surface area is 159 Å². The molecular weight excluding hydrogens is 368 g/mol. The summed E-state index contributed by atoms with van der Waals surface area (Å²) in [5.74, 6) is 0.744. The van der Waals surface area contributed by atoms with E-state index in [1.807, 2.05) is 0 Å². The minimum atomic E-state index is -3.49. The van der Waals surface area contributed by atoms with Crippen LogP contribution in [0.5, 0.6) is 11.5 Å². The lowest BCUT2D eigenvalue weighted by Crippen LogP contribution is -2.22. The lowest BCUT2D eigenvalue weighted by molar-refractivity contribution is -0.111. The first-order valence-corrected chi connectivity index (χ1v) is 9.68. The van der Waals surface area contributed by atoms with Crippen molar-refractivity contribution in [2.24, 2.45) is 0 Å². The van der Waals surface area contributed by atoms with Gasteiger partial charge in [0.05, 0.1) is 24.8 Å². The van der Waals surface area contributed by atoms with Crippen LogP contribution in [0.15, 0.2) is 53.4 Å². The molecule has 0 atom stereocenters. The van der Waals surface area contributed by atoms with Crippen molar-refractivity contribution in [1.29, 1.82) is 0 Å². The highest BCUT2D eigenvalue weighted by atomic mass is 32.2. The fourth-order valence-corrected chi connectivity index (χ4v) is 3.33. The standard InChI is InChI=1S/C19H22N2O5S/c1-4-20-27(23,24)16-9-5-14(6-10-16)7-12-19(22)21-17-13-15(25-2)8-11-18(17)26-3/h5-13,20H,4H2,1-3H3,(H,21,22)/b12-7+. The van der Waals surface area contributed by atoms with Crippen LogP contribution in [0, 0.1) is 0 Å². The first kappa shape index (κ1) is 20.5. The third kappa shape index (κ3) is 5.57. The highest BCUT2D eigenvalue weighted by molar-refractivity contribution is 7.89. The van der Waals surface area contributed by atoms with E-state index in [1.165, 1.54) is 32.4 Å². The zero-order valence-electron chi connectivity index (χ0n) is 15.4. The third-order valence-corrected chi connectivity index (χ3v) is 5.18. The normalized spacial score (nSPS) is 11.4. The number of carbonyl (C=O) groups excluding carboxylic acids is 1. The van der Waals surface area contributed by atoms with E-state index in [1.54, 1.807) is 43.3 Å². The molecule has 0 fully saturated rings. The number of carbonyl (C=O) groups is 1. The summed E-state index contributed by atoms with van der Waals surface area (Å²) < 4.78 is 36.6. The van der Waals surface area contributed by atoms with Gasteiger partial charge in [0.2, 0.25) is 15.9 Å². The number of anilines is 1. The topological polar surface area (TPSA) is 93.7 Å².